The van der Waals surface area contributed by atoms with Crippen molar-refractivity contribution in [3.63, 3.8) is 0 Å². The van der Waals surface area contributed by atoms with Gasteiger partial charge in [-0.3, -0.25) is 24.1 Å². The van der Waals surface area contributed by atoms with Gasteiger partial charge in [-0.25, -0.2) is 24.5 Å². The average molecular weight is 1170 g/mol. The summed E-state index contributed by atoms with van der Waals surface area (Å²) in [5.74, 6) is -3.33. The third-order valence-electron chi connectivity index (χ3n) is 15.2. The van der Waals surface area contributed by atoms with Crippen molar-refractivity contribution in [2.24, 2.45) is 5.11 Å². The predicted molar refractivity (Wildman–Crippen MR) is 292 cm³/mol. The Labute approximate surface area is 477 Å². The highest BCUT2D eigenvalue weighted by molar-refractivity contribution is 7.19. The Balaban J connectivity index is 0.796. The Morgan fingerprint density at radius 2 is 1.71 bits per heavy atom. The minimum Gasteiger partial charge on any atom is -0.479 e. The van der Waals surface area contributed by atoms with Gasteiger partial charge in [-0.05, 0) is 66.6 Å². The fourth-order valence-corrected chi connectivity index (χ4v) is 12.1. The van der Waals surface area contributed by atoms with Crippen LogP contribution < -0.4 is 20.9 Å². The Kier molecular flexibility index (Phi) is 18.3. The number of esters is 1. The number of carboxylic acids is 1. The zero-order valence-corrected chi connectivity index (χ0v) is 46.3. The number of nitrogens with zero attached hydrogens (tertiary/aromatic N) is 4. The van der Waals surface area contributed by atoms with Crippen molar-refractivity contribution in [2.45, 2.75) is 109 Å². The van der Waals surface area contributed by atoms with Gasteiger partial charge in [0.05, 0.1) is 106 Å². The van der Waals surface area contributed by atoms with Crippen LogP contribution in [0.3, 0.4) is 0 Å². The zero-order valence-electron chi connectivity index (χ0n) is 45.4. The van der Waals surface area contributed by atoms with E-state index < -0.39 is 60.4 Å². The van der Waals surface area contributed by atoms with E-state index in [2.05, 4.69) is 15.7 Å². The molecule has 2 aromatic carbocycles. The number of thiophene rings is 1. The van der Waals surface area contributed by atoms with E-state index in [0.717, 1.165) is 15.3 Å². The lowest BCUT2D eigenvalue weighted by Gasteiger charge is -2.35. The molecule has 1 saturated heterocycles. The van der Waals surface area contributed by atoms with E-state index in [0.29, 0.717) is 111 Å². The molecule has 7 heterocycles. The quantitative estimate of drug-likeness (QED) is 0.0176. The van der Waals surface area contributed by atoms with Crippen molar-refractivity contribution >= 4 is 62.2 Å². The number of carbonyl (C=O) groups excluding carboxylic acids is 4. The fourth-order valence-electron chi connectivity index (χ4n) is 11.0. The number of carboxylic acid groups (broad SMARTS) is 1. The molecule has 3 amide bonds. The molecule has 440 valence electrons. The molecule has 6 N–H and O–H groups in total. The molecule has 5 aromatic rings. The van der Waals surface area contributed by atoms with Crippen molar-refractivity contribution in [2.75, 3.05) is 59.4 Å². The first kappa shape index (κ1) is 58.6. The molecule has 83 heavy (non-hydrogen) atoms. The highest BCUT2D eigenvalue weighted by atomic mass is 32.1. The zero-order chi connectivity index (χ0) is 58.5. The van der Waals surface area contributed by atoms with Gasteiger partial charge in [0, 0.05) is 68.9 Å². The number of aliphatic carboxylic acids is 1. The molecule has 1 fully saturated rings. The molecule has 26 heteroatoms. The first-order valence-corrected chi connectivity index (χ1v) is 28.1. The van der Waals surface area contributed by atoms with Crippen LogP contribution in [-0.4, -0.2) is 144 Å². The van der Waals surface area contributed by atoms with Gasteiger partial charge in [-0.2, -0.15) is 5.11 Å². The molecule has 0 bridgehead atoms. The van der Waals surface area contributed by atoms with Gasteiger partial charge in [0.25, 0.3) is 17.4 Å². The molecular formula is C57H62FN7O17S. The lowest BCUT2D eigenvalue weighted by molar-refractivity contribution is -0.237. The van der Waals surface area contributed by atoms with Gasteiger partial charge in [-0.1, -0.05) is 19.4 Å². The maximum atomic E-state index is 15.6. The summed E-state index contributed by atoms with van der Waals surface area (Å²) in [7, 11) is 0. The summed E-state index contributed by atoms with van der Waals surface area (Å²) >= 11 is 1.32. The van der Waals surface area contributed by atoms with Crippen LogP contribution in [0.15, 0.2) is 64.3 Å². The summed E-state index contributed by atoms with van der Waals surface area (Å²) in [5.41, 5.74) is 13.2. The van der Waals surface area contributed by atoms with Crippen molar-refractivity contribution in [1.82, 2.24) is 25.1 Å². The highest BCUT2D eigenvalue weighted by Gasteiger charge is 2.42. The third-order valence-corrected chi connectivity index (χ3v) is 16.4. The van der Waals surface area contributed by atoms with Crippen molar-refractivity contribution in [3.8, 4) is 17.1 Å². The van der Waals surface area contributed by atoms with Crippen LogP contribution in [0.5, 0.6) is 5.75 Å². The number of aryl methyl sites for hydroxylation is 1. The number of hydrogen-bond acceptors (Lipinski definition) is 21. The van der Waals surface area contributed by atoms with Gasteiger partial charge in [0.1, 0.15) is 36.6 Å². The summed E-state index contributed by atoms with van der Waals surface area (Å²) in [4.78, 5) is 83.1. The maximum Gasteiger partial charge on any atom is 0.407 e. The lowest BCUT2D eigenvalue weighted by atomic mass is 9.81. The van der Waals surface area contributed by atoms with Crippen LogP contribution in [0.4, 0.5) is 9.18 Å². The number of imide groups is 1. The largest absolute Gasteiger partial charge is 0.479 e. The molecule has 10 rings (SSSR count). The number of alkyl carbamates (subject to hydrolysis) is 1. The number of carbonyl (C=O) groups is 5. The van der Waals surface area contributed by atoms with Crippen LogP contribution in [0.2, 0.25) is 0 Å². The van der Waals surface area contributed by atoms with Crippen LogP contribution in [0.1, 0.15) is 88.4 Å². The number of hydrogen-bond donors (Lipinski definition) is 6. The number of pyridine rings is 2. The summed E-state index contributed by atoms with van der Waals surface area (Å²) in [6, 6.07) is 7.56. The number of benzene rings is 2. The van der Waals surface area contributed by atoms with Crippen LogP contribution in [0.25, 0.3) is 32.4 Å². The van der Waals surface area contributed by atoms with E-state index in [-0.39, 0.29) is 101 Å². The number of fused-ring (bicyclic) bond motifs is 6. The van der Waals surface area contributed by atoms with Gasteiger partial charge in [-0.15, -0.1) is 11.3 Å². The monoisotopic (exact) mass is 1170 g/mol. The Morgan fingerprint density at radius 3 is 2.43 bits per heavy atom. The average Bonchev–Trinajstić information content (AvgIpc) is 2.24. The molecule has 24 nitrogen and oxygen atoms in total. The number of rotatable bonds is 26. The molecule has 1 unspecified atom stereocenters. The molecule has 6 atom stereocenters. The van der Waals surface area contributed by atoms with Gasteiger partial charge in [0.15, 0.2) is 6.10 Å². The summed E-state index contributed by atoms with van der Waals surface area (Å²) < 4.78 is 63.0. The number of nitrogens with one attached hydrogen (secondary N) is 3. The molecule has 4 aliphatic heterocycles. The Hall–Kier alpha value is -7.56. The van der Waals surface area contributed by atoms with E-state index >= 15 is 4.39 Å². The van der Waals surface area contributed by atoms with Crippen LogP contribution >= 0.6 is 11.3 Å². The van der Waals surface area contributed by atoms with Crippen molar-refractivity contribution in [3.05, 3.63) is 114 Å². The normalized spacial score (nSPS) is 20.8. The molecule has 0 spiro atoms. The maximum absolute atomic E-state index is 15.6. The van der Waals surface area contributed by atoms with Gasteiger partial charge < -0.3 is 68.4 Å². The molecule has 1 aliphatic carbocycles. The molecule has 0 radical (unpaired) electrons. The minimum absolute atomic E-state index is 0.00675. The van der Waals surface area contributed by atoms with E-state index in [1.165, 1.54) is 35.8 Å². The number of aliphatic hydroxyl groups excluding tert-OH is 2. The summed E-state index contributed by atoms with van der Waals surface area (Å²) in [6.07, 6.45) is -1.23. The Morgan fingerprint density at radius 1 is 0.976 bits per heavy atom. The second-order valence-electron chi connectivity index (χ2n) is 20.4. The van der Waals surface area contributed by atoms with E-state index in [1.54, 1.807) is 29.7 Å². The molecule has 0 saturated carbocycles. The molecule has 5 aliphatic rings. The number of aliphatic hydroxyl groups is 2. The first-order valence-electron chi connectivity index (χ1n) is 27.2. The summed E-state index contributed by atoms with van der Waals surface area (Å²) in [5, 5.41) is 42.0. The van der Waals surface area contributed by atoms with Crippen molar-refractivity contribution in [1.29, 1.82) is 5.53 Å². The Bertz CT molecular complexity index is 3480. The second kappa shape index (κ2) is 25.9. The van der Waals surface area contributed by atoms with Gasteiger partial charge >= 0.3 is 18.0 Å². The topological polar surface area (TPSA) is 318 Å². The number of halogens is 1. The smallest absolute Gasteiger partial charge is 0.407 e. The standard InChI is InChI=1S/C57H62FN7O17S/c1-3-4-34-35-20-42-50-37(25-65(42)53(70)38(35)28-79-55(34)73)49-40(7-6-33-29(2)39(58)21-41(61-50)48(33)49)62-57(74)80-26-30-5-8-44(81-56-51(69)43(66)22-45(82-56)54(71)72)36-19-32(83-52(30)36)24-60-23-31(63-59)27-78-18-17-77-16-15-76-14-13-75-12-11-64-46(67)9-10-47(64)68/h5,8-10,19-21,23,34,40,43,45,51,56,59-60,66,69H,3-4,6-7,11-18,22,24-28H2,1-2H3,(H,62,74)(H,71,72)/b31-23-,63-59?/t34-,40?,43-,45-,51+,56+/m0/s1. The van der Waals surface area contributed by atoms with Crippen molar-refractivity contribution < 1.29 is 81.6 Å². The first-order chi connectivity index (χ1) is 40.1. The van der Waals surface area contributed by atoms with E-state index in [1.807, 2.05) is 13.0 Å². The highest BCUT2D eigenvalue weighted by Crippen LogP contribution is 2.46. The second-order valence-corrected chi connectivity index (χ2v) is 21.6. The minimum atomic E-state index is -1.58. The van der Waals surface area contributed by atoms with E-state index in [9.17, 15) is 44.1 Å². The lowest BCUT2D eigenvalue weighted by Crippen LogP contribution is -2.52. The third kappa shape index (κ3) is 12.5. The fraction of sp³-hybridized carbons (Fsp3) is 0.456. The van der Waals surface area contributed by atoms with E-state index in [4.69, 9.17) is 48.4 Å². The molecular weight excluding hydrogens is 1110 g/mol. The van der Waals surface area contributed by atoms with Crippen LogP contribution in [0, 0.1) is 18.3 Å². The summed E-state index contributed by atoms with van der Waals surface area (Å²) in [6.45, 7) is 5.60. The number of aromatic nitrogens is 2. The number of cyclic esters (lactones) is 1. The number of ether oxygens (including phenoxy) is 8. The van der Waals surface area contributed by atoms with Crippen LogP contribution in [-0.2, 0) is 85.1 Å². The SMILES string of the molecule is CCC[C@@H]1C(=O)OCc2c1cc1n(c2=O)Cc2c-1nc1cc(F)c(C)c3c1c2C(NC(=O)OCc1ccc(O[C@@H]2O[C@H](C(=O)O)C[C@H](O)[C@H]2O)c2cc(CN/C=C(/COCCOCCOCCOCCN4C(=O)C=CC4=O)N=N)sc12)CC3. The predicted octanol–water partition coefficient (Wildman–Crippen LogP) is 5.20. The molecule has 3 aromatic heterocycles. The number of amides is 3. The van der Waals surface area contributed by atoms with Gasteiger partial charge in [0.2, 0.25) is 6.29 Å².